The topological polar surface area (TPSA) is 33.7 Å². The fourth-order valence-electron chi connectivity index (χ4n) is 3.05. The predicted molar refractivity (Wildman–Crippen MR) is 93.5 cm³/mol. The zero-order valence-corrected chi connectivity index (χ0v) is 15.0. The third-order valence-corrected chi connectivity index (χ3v) is 4.29. The van der Waals surface area contributed by atoms with Gasteiger partial charge in [0.25, 0.3) is 0 Å². The molecule has 1 aliphatic heterocycles. The van der Waals surface area contributed by atoms with Crippen LogP contribution in [0.25, 0.3) is 0 Å². The summed E-state index contributed by atoms with van der Waals surface area (Å²) in [4.78, 5) is 2.37. The molecule has 1 aliphatic rings. The van der Waals surface area contributed by atoms with E-state index in [-0.39, 0.29) is 24.3 Å². The third kappa shape index (κ3) is 4.96. The fraction of sp³-hybridized carbons (Fsp3) is 0.647. The zero-order chi connectivity index (χ0) is 15.9. The van der Waals surface area contributed by atoms with Gasteiger partial charge in [0.15, 0.2) is 11.5 Å². The minimum absolute atomic E-state index is 0. The highest BCUT2D eigenvalue weighted by Crippen LogP contribution is 2.36. The average molecular weight is 347 g/mol. The molecule has 1 fully saturated rings. The van der Waals surface area contributed by atoms with Crippen molar-refractivity contribution in [3.05, 3.63) is 23.5 Å². The van der Waals surface area contributed by atoms with E-state index < -0.39 is 0 Å². The summed E-state index contributed by atoms with van der Waals surface area (Å²) in [6.45, 7) is 5.97. The maximum Gasteiger partial charge on any atom is 0.163 e. The molecule has 2 rings (SSSR count). The molecular formula is C17H28ClFN2O2. The standard InChI is InChI=1S/C17H27FN2O2.ClH/c1-4-5-6-15(20-9-7-19-8-10-20)13-11-16(21-2)17(22-3)12-14(13)18;/h11-12,15,19H,4-10H2,1-3H3;1H/t15-;/m1./s1. The molecule has 1 aromatic carbocycles. The number of methoxy groups -OCH3 is 2. The number of rotatable bonds is 7. The largest absolute Gasteiger partial charge is 0.493 e. The Kier molecular flexibility index (Phi) is 8.66. The molecule has 0 amide bonds. The van der Waals surface area contributed by atoms with Gasteiger partial charge in [-0.1, -0.05) is 19.8 Å². The second-order valence-electron chi connectivity index (χ2n) is 5.67. The van der Waals surface area contributed by atoms with Crippen molar-refractivity contribution in [2.24, 2.45) is 0 Å². The van der Waals surface area contributed by atoms with E-state index in [9.17, 15) is 4.39 Å². The number of nitrogens with zero attached hydrogens (tertiary/aromatic N) is 1. The third-order valence-electron chi connectivity index (χ3n) is 4.29. The van der Waals surface area contributed by atoms with Gasteiger partial charge in [0.05, 0.1) is 14.2 Å². The summed E-state index contributed by atoms with van der Waals surface area (Å²) in [6, 6.07) is 3.34. The highest BCUT2D eigenvalue weighted by Gasteiger charge is 2.25. The molecule has 0 radical (unpaired) electrons. The van der Waals surface area contributed by atoms with Crippen LogP contribution in [0.5, 0.6) is 11.5 Å². The Hall–Kier alpha value is -1.04. The van der Waals surface area contributed by atoms with Crippen molar-refractivity contribution in [2.45, 2.75) is 32.2 Å². The van der Waals surface area contributed by atoms with Crippen LogP contribution in [0.2, 0.25) is 0 Å². The van der Waals surface area contributed by atoms with Gasteiger partial charge in [-0.15, -0.1) is 12.4 Å². The fourth-order valence-corrected chi connectivity index (χ4v) is 3.05. The first-order chi connectivity index (χ1) is 10.7. The molecule has 0 aliphatic carbocycles. The highest BCUT2D eigenvalue weighted by atomic mass is 35.5. The number of ether oxygens (including phenoxy) is 2. The summed E-state index contributed by atoms with van der Waals surface area (Å²) >= 11 is 0. The van der Waals surface area contributed by atoms with Crippen molar-refractivity contribution in [3.63, 3.8) is 0 Å². The van der Waals surface area contributed by atoms with Crippen LogP contribution in [0.1, 0.15) is 37.8 Å². The van der Waals surface area contributed by atoms with Crippen LogP contribution in [0.15, 0.2) is 12.1 Å². The van der Waals surface area contributed by atoms with Crippen LogP contribution in [0.4, 0.5) is 4.39 Å². The number of benzene rings is 1. The van der Waals surface area contributed by atoms with Crippen LogP contribution < -0.4 is 14.8 Å². The normalized spacial score (nSPS) is 16.5. The monoisotopic (exact) mass is 346 g/mol. The molecule has 4 nitrogen and oxygen atoms in total. The first-order valence-corrected chi connectivity index (χ1v) is 8.07. The van der Waals surface area contributed by atoms with Gasteiger partial charge < -0.3 is 14.8 Å². The van der Waals surface area contributed by atoms with Crippen LogP contribution in [-0.4, -0.2) is 45.3 Å². The second kappa shape index (κ2) is 9.96. The molecule has 1 saturated heterocycles. The number of unbranched alkanes of at least 4 members (excludes halogenated alkanes) is 1. The molecule has 0 aromatic heterocycles. The van der Waals surface area contributed by atoms with E-state index in [0.717, 1.165) is 45.4 Å². The van der Waals surface area contributed by atoms with Gasteiger partial charge in [-0.2, -0.15) is 0 Å². The molecular weight excluding hydrogens is 319 g/mol. The van der Waals surface area contributed by atoms with Crippen molar-refractivity contribution in [1.82, 2.24) is 10.2 Å². The number of piperazine rings is 1. The Morgan fingerprint density at radius 1 is 1.17 bits per heavy atom. The quantitative estimate of drug-likeness (QED) is 0.820. The van der Waals surface area contributed by atoms with E-state index in [0.29, 0.717) is 17.1 Å². The Morgan fingerprint density at radius 2 is 1.78 bits per heavy atom. The van der Waals surface area contributed by atoms with Crippen molar-refractivity contribution >= 4 is 12.4 Å². The summed E-state index contributed by atoms with van der Waals surface area (Å²) in [6.07, 6.45) is 3.16. The number of halogens is 2. The van der Waals surface area contributed by atoms with Crippen LogP contribution in [0, 0.1) is 5.82 Å². The lowest BCUT2D eigenvalue weighted by Gasteiger charge is -2.35. The summed E-state index contributed by atoms with van der Waals surface area (Å²) in [5.74, 6) is 0.825. The van der Waals surface area contributed by atoms with Crippen molar-refractivity contribution in [1.29, 1.82) is 0 Å². The van der Waals surface area contributed by atoms with Gasteiger partial charge in [-0.05, 0) is 12.5 Å². The first-order valence-electron chi connectivity index (χ1n) is 8.07. The zero-order valence-electron chi connectivity index (χ0n) is 14.2. The Morgan fingerprint density at radius 3 is 2.35 bits per heavy atom. The minimum atomic E-state index is -0.211. The van der Waals surface area contributed by atoms with E-state index in [4.69, 9.17) is 9.47 Å². The van der Waals surface area contributed by atoms with Crippen molar-refractivity contribution in [2.75, 3.05) is 40.4 Å². The van der Waals surface area contributed by atoms with Crippen LogP contribution in [-0.2, 0) is 0 Å². The van der Waals surface area contributed by atoms with E-state index >= 15 is 0 Å². The number of nitrogens with one attached hydrogen (secondary N) is 1. The molecule has 0 saturated carbocycles. The molecule has 23 heavy (non-hydrogen) atoms. The lowest BCUT2D eigenvalue weighted by atomic mass is 9.97. The highest BCUT2D eigenvalue weighted by molar-refractivity contribution is 5.85. The van der Waals surface area contributed by atoms with Gasteiger partial charge in [0.1, 0.15) is 5.82 Å². The number of hydrogen-bond donors (Lipinski definition) is 1. The second-order valence-corrected chi connectivity index (χ2v) is 5.67. The Labute approximate surface area is 144 Å². The summed E-state index contributed by atoms with van der Waals surface area (Å²) in [5, 5.41) is 3.35. The molecule has 1 N–H and O–H groups in total. The van der Waals surface area contributed by atoms with E-state index in [1.54, 1.807) is 13.2 Å². The molecule has 1 heterocycles. The van der Waals surface area contributed by atoms with Crippen molar-refractivity contribution < 1.29 is 13.9 Å². The van der Waals surface area contributed by atoms with Crippen molar-refractivity contribution in [3.8, 4) is 11.5 Å². The molecule has 1 atom stereocenters. The summed E-state index contributed by atoms with van der Waals surface area (Å²) < 4.78 is 25.1. The molecule has 132 valence electrons. The maximum absolute atomic E-state index is 14.6. The average Bonchev–Trinajstić information content (AvgIpc) is 2.57. The SMILES string of the molecule is CCCC[C@H](c1cc(OC)c(OC)cc1F)N1CCNCC1.Cl. The summed E-state index contributed by atoms with van der Waals surface area (Å²) in [7, 11) is 3.12. The Balaban J connectivity index is 0.00000264. The summed E-state index contributed by atoms with van der Waals surface area (Å²) in [5.41, 5.74) is 0.716. The minimum Gasteiger partial charge on any atom is -0.493 e. The number of hydrogen-bond acceptors (Lipinski definition) is 4. The maximum atomic E-state index is 14.6. The molecule has 0 spiro atoms. The van der Waals surface area contributed by atoms with Gasteiger partial charge in [0.2, 0.25) is 0 Å². The molecule has 0 bridgehead atoms. The van der Waals surface area contributed by atoms with E-state index in [2.05, 4.69) is 17.1 Å². The molecule has 6 heteroatoms. The predicted octanol–water partition coefficient (Wildman–Crippen LogP) is 3.40. The van der Waals surface area contributed by atoms with Gasteiger partial charge >= 0.3 is 0 Å². The lowest BCUT2D eigenvalue weighted by Crippen LogP contribution is -2.45. The van der Waals surface area contributed by atoms with E-state index in [1.165, 1.54) is 13.2 Å². The van der Waals surface area contributed by atoms with Crippen LogP contribution in [0.3, 0.4) is 0 Å². The lowest BCUT2D eigenvalue weighted by molar-refractivity contribution is 0.159. The van der Waals surface area contributed by atoms with E-state index in [1.807, 2.05) is 0 Å². The van der Waals surface area contributed by atoms with Gasteiger partial charge in [-0.3, -0.25) is 4.90 Å². The smallest absolute Gasteiger partial charge is 0.163 e. The first kappa shape index (κ1) is 20.0. The Bertz CT molecular complexity index is 482. The molecule has 1 aromatic rings. The van der Waals surface area contributed by atoms with Crippen LogP contribution >= 0.6 is 12.4 Å². The van der Waals surface area contributed by atoms with Gasteiger partial charge in [0, 0.05) is 43.9 Å². The van der Waals surface area contributed by atoms with Gasteiger partial charge in [-0.25, -0.2) is 4.39 Å². The molecule has 0 unspecified atom stereocenters.